The number of imidazole rings is 1. The lowest BCUT2D eigenvalue weighted by Crippen LogP contribution is -2.06. The molecule has 0 saturated heterocycles. The van der Waals surface area contributed by atoms with Gasteiger partial charge in [0.25, 0.3) is 0 Å². The molecule has 0 saturated carbocycles. The molecule has 17 heavy (non-hydrogen) atoms. The Bertz CT molecular complexity index is 479. The molecule has 1 aromatic heterocycles. The summed E-state index contributed by atoms with van der Waals surface area (Å²) >= 11 is 1.75. The Labute approximate surface area is 106 Å². The van der Waals surface area contributed by atoms with Crippen LogP contribution in [-0.2, 0) is 0 Å². The maximum absolute atomic E-state index is 4.33. The third kappa shape index (κ3) is 2.82. The lowest BCUT2D eigenvalue weighted by molar-refractivity contribution is 0.936. The van der Waals surface area contributed by atoms with Crippen LogP contribution in [0.15, 0.2) is 41.6 Å². The van der Waals surface area contributed by atoms with Crippen molar-refractivity contribution in [1.82, 2.24) is 9.55 Å². The van der Waals surface area contributed by atoms with E-state index in [2.05, 4.69) is 52.3 Å². The first-order chi connectivity index (χ1) is 8.35. The number of thioether (sulfide) groups is 1. The second-order valence-electron chi connectivity index (χ2n) is 3.75. The molecule has 4 heteroatoms. The van der Waals surface area contributed by atoms with Crippen LogP contribution in [-0.4, -0.2) is 22.4 Å². The summed E-state index contributed by atoms with van der Waals surface area (Å²) in [6.07, 6.45) is 6.99. The van der Waals surface area contributed by atoms with E-state index in [1.807, 2.05) is 12.4 Å². The van der Waals surface area contributed by atoms with E-state index in [1.165, 1.54) is 4.90 Å². The lowest BCUT2D eigenvalue weighted by Gasteiger charge is -2.09. The molecular formula is C13H17N3S. The van der Waals surface area contributed by atoms with Crippen LogP contribution in [0.1, 0.15) is 13.3 Å². The maximum atomic E-state index is 4.33. The van der Waals surface area contributed by atoms with Gasteiger partial charge in [0.15, 0.2) is 0 Å². The summed E-state index contributed by atoms with van der Waals surface area (Å²) in [4.78, 5) is 5.59. The van der Waals surface area contributed by atoms with Gasteiger partial charge in [-0.2, -0.15) is 0 Å². The molecule has 0 fully saturated rings. The summed E-state index contributed by atoms with van der Waals surface area (Å²) in [5.41, 5.74) is 1.15. The molecule has 1 heterocycles. The first-order valence-corrected chi connectivity index (χ1v) is 6.99. The average molecular weight is 247 g/mol. The van der Waals surface area contributed by atoms with E-state index < -0.39 is 0 Å². The smallest absolute Gasteiger partial charge is 0.207 e. The highest BCUT2D eigenvalue weighted by Crippen LogP contribution is 2.20. The number of hydrogen-bond acceptors (Lipinski definition) is 3. The Morgan fingerprint density at radius 3 is 3.06 bits per heavy atom. The molecule has 0 bridgehead atoms. The molecule has 0 spiro atoms. The van der Waals surface area contributed by atoms with Gasteiger partial charge in [-0.15, -0.1) is 11.8 Å². The van der Waals surface area contributed by atoms with Crippen LogP contribution >= 0.6 is 11.8 Å². The van der Waals surface area contributed by atoms with Gasteiger partial charge in [-0.1, -0.05) is 13.0 Å². The summed E-state index contributed by atoms with van der Waals surface area (Å²) in [7, 11) is 0. The normalized spacial score (nSPS) is 10.5. The van der Waals surface area contributed by atoms with Crippen molar-refractivity contribution in [1.29, 1.82) is 0 Å². The van der Waals surface area contributed by atoms with Crippen LogP contribution in [0.5, 0.6) is 0 Å². The molecule has 3 nitrogen and oxygen atoms in total. The van der Waals surface area contributed by atoms with Crippen molar-refractivity contribution in [2.24, 2.45) is 0 Å². The minimum absolute atomic E-state index is 0.908. The van der Waals surface area contributed by atoms with Gasteiger partial charge in [-0.05, 0) is 30.9 Å². The topological polar surface area (TPSA) is 29.9 Å². The Morgan fingerprint density at radius 2 is 2.29 bits per heavy atom. The van der Waals surface area contributed by atoms with E-state index >= 15 is 0 Å². The summed E-state index contributed by atoms with van der Waals surface area (Å²) in [5.74, 6) is 0.908. The van der Waals surface area contributed by atoms with Crippen LogP contribution in [0.4, 0.5) is 5.95 Å². The van der Waals surface area contributed by atoms with Crippen molar-refractivity contribution in [3.05, 3.63) is 36.7 Å². The molecule has 0 unspecified atom stereocenters. The van der Waals surface area contributed by atoms with Crippen molar-refractivity contribution >= 4 is 17.7 Å². The van der Waals surface area contributed by atoms with E-state index in [0.717, 1.165) is 24.6 Å². The van der Waals surface area contributed by atoms with Crippen LogP contribution < -0.4 is 5.32 Å². The average Bonchev–Trinajstić information content (AvgIpc) is 2.84. The SMILES string of the molecule is CCCNc1nccn1-c1cccc(SC)c1. The van der Waals surface area contributed by atoms with Crippen molar-refractivity contribution in [2.75, 3.05) is 18.1 Å². The van der Waals surface area contributed by atoms with Crippen LogP contribution in [0, 0.1) is 0 Å². The van der Waals surface area contributed by atoms with Gasteiger partial charge in [-0.25, -0.2) is 4.98 Å². The third-order valence-electron chi connectivity index (χ3n) is 2.51. The number of aromatic nitrogens is 2. The number of benzene rings is 1. The molecule has 0 aliphatic carbocycles. The molecule has 1 aromatic carbocycles. The lowest BCUT2D eigenvalue weighted by atomic mass is 10.3. The number of hydrogen-bond donors (Lipinski definition) is 1. The molecule has 2 aromatic rings. The monoisotopic (exact) mass is 247 g/mol. The standard InChI is InChI=1S/C13H17N3S/c1-3-7-14-13-15-8-9-16(13)11-5-4-6-12(10-11)17-2/h4-6,8-10H,3,7H2,1-2H3,(H,14,15). The number of anilines is 1. The van der Waals surface area contributed by atoms with Gasteiger partial charge in [0.2, 0.25) is 5.95 Å². The van der Waals surface area contributed by atoms with Crippen LogP contribution in [0.25, 0.3) is 5.69 Å². The van der Waals surface area contributed by atoms with E-state index in [0.29, 0.717) is 0 Å². The largest absolute Gasteiger partial charge is 0.355 e. The fourth-order valence-corrected chi connectivity index (χ4v) is 2.09. The van der Waals surface area contributed by atoms with E-state index in [-0.39, 0.29) is 0 Å². The van der Waals surface area contributed by atoms with E-state index in [4.69, 9.17) is 0 Å². The summed E-state index contributed by atoms with van der Waals surface area (Å²) in [6.45, 7) is 3.09. The second-order valence-corrected chi connectivity index (χ2v) is 4.63. The van der Waals surface area contributed by atoms with E-state index in [1.54, 1.807) is 11.8 Å². The Morgan fingerprint density at radius 1 is 1.41 bits per heavy atom. The summed E-state index contributed by atoms with van der Waals surface area (Å²) < 4.78 is 2.08. The predicted molar refractivity (Wildman–Crippen MR) is 74.1 cm³/mol. The van der Waals surface area contributed by atoms with Crippen LogP contribution in [0.3, 0.4) is 0 Å². The number of nitrogens with one attached hydrogen (secondary N) is 1. The van der Waals surface area contributed by atoms with Gasteiger partial charge in [-0.3, -0.25) is 4.57 Å². The minimum atomic E-state index is 0.908. The number of nitrogens with zero attached hydrogens (tertiary/aromatic N) is 2. The van der Waals surface area contributed by atoms with Crippen molar-refractivity contribution in [2.45, 2.75) is 18.2 Å². The van der Waals surface area contributed by atoms with Gasteiger partial charge < -0.3 is 5.32 Å². The minimum Gasteiger partial charge on any atom is -0.355 e. The van der Waals surface area contributed by atoms with Crippen LogP contribution in [0.2, 0.25) is 0 Å². The Hall–Kier alpha value is -1.42. The fraction of sp³-hybridized carbons (Fsp3) is 0.308. The predicted octanol–water partition coefficient (Wildman–Crippen LogP) is 3.42. The first-order valence-electron chi connectivity index (χ1n) is 5.76. The van der Waals surface area contributed by atoms with E-state index in [9.17, 15) is 0 Å². The molecule has 2 rings (SSSR count). The highest BCUT2D eigenvalue weighted by molar-refractivity contribution is 7.98. The molecule has 0 amide bonds. The third-order valence-corrected chi connectivity index (χ3v) is 3.23. The summed E-state index contributed by atoms with van der Waals surface area (Å²) in [6, 6.07) is 8.46. The molecule has 90 valence electrons. The zero-order valence-electron chi connectivity index (χ0n) is 10.2. The molecule has 0 atom stereocenters. The second kappa shape index (κ2) is 5.77. The quantitative estimate of drug-likeness (QED) is 0.821. The van der Waals surface area contributed by atoms with Crippen molar-refractivity contribution in [3.8, 4) is 5.69 Å². The number of rotatable bonds is 5. The molecular weight excluding hydrogens is 230 g/mol. The molecule has 0 aliphatic rings. The van der Waals surface area contributed by atoms with Crippen molar-refractivity contribution < 1.29 is 0 Å². The fourth-order valence-electron chi connectivity index (χ4n) is 1.64. The van der Waals surface area contributed by atoms with Gasteiger partial charge in [0.05, 0.1) is 0 Å². The Balaban J connectivity index is 2.28. The molecule has 0 aliphatic heterocycles. The highest BCUT2D eigenvalue weighted by Gasteiger charge is 2.04. The highest BCUT2D eigenvalue weighted by atomic mass is 32.2. The summed E-state index contributed by atoms with van der Waals surface area (Å²) in [5, 5.41) is 3.32. The zero-order valence-corrected chi connectivity index (χ0v) is 11.0. The Kier molecular flexibility index (Phi) is 4.09. The molecule has 1 N–H and O–H groups in total. The van der Waals surface area contributed by atoms with Gasteiger partial charge in [0, 0.05) is 29.5 Å². The first kappa shape index (κ1) is 12.0. The maximum Gasteiger partial charge on any atom is 0.207 e. The van der Waals surface area contributed by atoms with Gasteiger partial charge in [0.1, 0.15) is 0 Å². The van der Waals surface area contributed by atoms with Crippen molar-refractivity contribution in [3.63, 3.8) is 0 Å². The van der Waals surface area contributed by atoms with Gasteiger partial charge >= 0.3 is 0 Å². The zero-order chi connectivity index (χ0) is 12.1. The molecule has 0 radical (unpaired) electrons.